The third kappa shape index (κ3) is 4.35. The molecule has 7 heteroatoms. The van der Waals surface area contributed by atoms with Gasteiger partial charge in [-0.25, -0.2) is 9.37 Å². The molecule has 0 spiro atoms. The summed E-state index contributed by atoms with van der Waals surface area (Å²) in [6, 6.07) is 13.0. The molecule has 1 unspecified atom stereocenters. The van der Waals surface area contributed by atoms with E-state index in [1.807, 2.05) is 19.1 Å². The van der Waals surface area contributed by atoms with Gasteiger partial charge in [-0.1, -0.05) is 17.7 Å². The number of halogens is 1. The molecule has 1 heterocycles. The van der Waals surface area contributed by atoms with Gasteiger partial charge in [0.15, 0.2) is 5.13 Å². The number of nitrogens with zero attached hydrogens (tertiary/aromatic N) is 1. The van der Waals surface area contributed by atoms with Crippen LogP contribution in [0.15, 0.2) is 48.5 Å². The zero-order valence-electron chi connectivity index (χ0n) is 15.9. The number of benzene rings is 2. The van der Waals surface area contributed by atoms with E-state index in [2.05, 4.69) is 15.6 Å². The van der Waals surface area contributed by atoms with Crippen LogP contribution in [0.4, 0.5) is 15.2 Å². The summed E-state index contributed by atoms with van der Waals surface area (Å²) in [5.41, 5.74) is 2.92. The fourth-order valence-electron chi connectivity index (χ4n) is 3.36. The fraction of sp³-hybridized carbons (Fsp3) is 0.227. The van der Waals surface area contributed by atoms with Gasteiger partial charge < -0.3 is 5.32 Å². The molecule has 0 saturated heterocycles. The molecule has 1 aliphatic rings. The summed E-state index contributed by atoms with van der Waals surface area (Å²) in [5, 5.41) is 6.18. The quantitative estimate of drug-likeness (QED) is 0.644. The van der Waals surface area contributed by atoms with Crippen molar-refractivity contribution in [2.45, 2.75) is 32.1 Å². The van der Waals surface area contributed by atoms with Crippen molar-refractivity contribution in [1.82, 2.24) is 4.98 Å². The Labute approximate surface area is 172 Å². The van der Waals surface area contributed by atoms with E-state index in [-0.39, 0.29) is 23.5 Å². The van der Waals surface area contributed by atoms with Gasteiger partial charge >= 0.3 is 0 Å². The standard InChI is InChI=1S/C22H20FN3O2S/c1-13-5-7-14(8-6-13)20(27)26-22-25-19-17(3-2-4-18(19)29-22)21(28)24-16-11-9-15(23)10-12-16/h5-12,17H,2-4H2,1H3,(H,24,28)(H,25,26,27). The van der Waals surface area contributed by atoms with Gasteiger partial charge in [-0.2, -0.15) is 0 Å². The van der Waals surface area contributed by atoms with E-state index >= 15 is 0 Å². The fourth-order valence-corrected chi connectivity index (χ4v) is 4.42. The number of aromatic nitrogens is 1. The molecule has 0 fully saturated rings. The van der Waals surface area contributed by atoms with Crippen molar-refractivity contribution in [3.63, 3.8) is 0 Å². The molecule has 4 rings (SSSR count). The molecule has 2 aromatic carbocycles. The molecule has 1 aliphatic carbocycles. The van der Waals surface area contributed by atoms with E-state index in [1.54, 1.807) is 12.1 Å². The first-order chi connectivity index (χ1) is 14.0. The van der Waals surface area contributed by atoms with Gasteiger partial charge in [0, 0.05) is 16.1 Å². The number of rotatable bonds is 4. The number of hydrogen-bond donors (Lipinski definition) is 2. The number of hydrogen-bond acceptors (Lipinski definition) is 4. The van der Waals surface area contributed by atoms with Crippen LogP contribution in [0.5, 0.6) is 0 Å². The molecule has 2 N–H and O–H groups in total. The number of carbonyl (C=O) groups excluding carboxylic acids is 2. The number of anilines is 2. The molecular formula is C22H20FN3O2S. The van der Waals surface area contributed by atoms with Crippen molar-refractivity contribution in [3.05, 3.63) is 76.0 Å². The van der Waals surface area contributed by atoms with E-state index in [4.69, 9.17) is 0 Å². The summed E-state index contributed by atoms with van der Waals surface area (Å²) < 4.78 is 13.1. The third-order valence-electron chi connectivity index (χ3n) is 4.92. The molecule has 3 aromatic rings. The molecular weight excluding hydrogens is 389 g/mol. The molecule has 5 nitrogen and oxygen atoms in total. The molecule has 0 radical (unpaired) electrons. The first-order valence-corrected chi connectivity index (χ1v) is 10.3. The number of carbonyl (C=O) groups is 2. The number of thiazole rings is 1. The van der Waals surface area contributed by atoms with Crippen LogP contribution in [-0.2, 0) is 11.2 Å². The van der Waals surface area contributed by atoms with Gasteiger partial charge in [-0.3, -0.25) is 14.9 Å². The third-order valence-corrected chi connectivity index (χ3v) is 5.96. The summed E-state index contributed by atoms with van der Waals surface area (Å²) in [4.78, 5) is 30.8. The Morgan fingerprint density at radius 2 is 1.79 bits per heavy atom. The molecule has 29 heavy (non-hydrogen) atoms. The molecule has 1 aromatic heterocycles. The van der Waals surface area contributed by atoms with Crippen molar-refractivity contribution >= 4 is 34.0 Å². The van der Waals surface area contributed by atoms with Gasteiger partial charge in [0.2, 0.25) is 5.91 Å². The van der Waals surface area contributed by atoms with Gasteiger partial charge in [0.05, 0.1) is 11.6 Å². The van der Waals surface area contributed by atoms with E-state index in [0.717, 1.165) is 29.0 Å². The van der Waals surface area contributed by atoms with Crippen LogP contribution in [0, 0.1) is 12.7 Å². The lowest BCUT2D eigenvalue weighted by molar-refractivity contribution is -0.117. The first-order valence-electron chi connectivity index (χ1n) is 9.43. The van der Waals surface area contributed by atoms with Crippen molar-refractivity contribution in [1.29, 1.82) is 0 Å². The van der Waals surface area contributed by atoms with E-state index < -0.39 is 0 Å². The maximum atomic E-state index is 13.1. The minimum atomic E-state index is -0.384. The largest absolute Gasteiger partial charge is 0.326 e. The Hall–Kier alpha value is -3.06. The molecule has 148 valence electrons. The first kappa shape index (κ1) is 19.3. The monoisotopic (exact) mass is 409 g/mol. The minimum absolute atomic E-state index is 0.167. The normalized spacial score (nSPS) is 15.4. The lowest BCUT2D eigenvalue weighted by Gasteiger charge is -2.20. The topological polar surface area (TPSA) is 71.1 Å². The molecule has 0 aliphatic heterocycles. The second-order valence-corrected chi connectivity index (χ2v) is 8.17. The number of nitrogens with one attached hydrogen (secondary N) is 2. The highest BCUT2D eigenvalue weighted by Crippen LogP contribution is 2.37. The number of amides is 2. The molecule has 1 atom stereocenters. The van der Waals surface area contributed by atoms with Gasteiger partial charge in [-0.15, -0.1) is 11.3 Å². The van der Waals surface area contributed by atoms with Crippen LogP contribution < -0.4 is 10.6 Å². The van der Waals surface area contributed by atoms with Crippen LogP contribution >= 0.6 is 11.3 Å². The van der Waals surface area contributed by atoms with Gasteiger partial charge in [-0.05, 0) is 62.6 Å². The Morgan fingerprint density at radius 3 is 2.52 bits per heavy atom. The highest BCUT2D eigenvalue weighted by Gasteiger charge is 2.30. The minimum Gasteiger partial charge on any atom is -0.326 e. The Morgan fingerprint density at radius 1 is 1.07 bits per heavy atom. The van der Waals surface area contributed by atoms with Crippen molar-refractivity contribution in [2.24, 2.45) is 0 Å². The van der Waals surface area contributed by atoms with Crippen LogP contribution in [-0.4, -0.2) is 16.8 Å². The van der Waals surface area contributed by atoms with Crippen molar-refractivity contribution in [3.8, 4) is 0 Å². The second kappa shape index (κ2) is 8.13. The zero-order chi connectivity index (χ0) is 20.4. The molecule has 2 amide bonds. The second-order valence-electron chi connectivity index (χ2n) is 7.09. The maximum Gasteiger partial charge on any atom is 0.257 e. The maximum absolute atomic E-state index is 13.1. The number of fused-ring (bicyclic) bond motifs is 1. The van der Waals surface area contributed by atoms with Crippen molar-refractivity contribution in [2.75, 3.05) is 10.6 Å². The van der Waals surface area contributed by atoms with E-state index in [9.17, 15) is 14.0 Å². The Bertz CT molecular complexity index is 1040. The van der Waals surface area contributed by atoms with Gasteiger partial charge in [0.25, 0.3) is 5.91 Å². The Kier molecular flexibility index (Phi) is 5.40. The van der Waals surface area contributed by atoms with Crippen LogP contribution in [0.1, 0.15) is 45.3 Å². The van der Waals surface area contributed by atoms with Gasteiger partial charge in [0.1, 0.15) is 5.82 Å². The SMILES string of the molecule is Cc1ccc(C(=O)Nc2nc3c(s2)CCCC3C(=O)Nc2ccc(F)cc2)cc1. The Balaban J connectivity index is 1.49. The summed E-state index contributed by atoms with van der Waals surface area (Å²) in [6.45, 7) is 1.97. The highest BCUT2D eigenvalue weighted by atomic mass is 32.1. The number of aryl methyl sites for hydroxylation is 2. The highest BCUT2D eigenvalue weighted by molar-refractivity contribution is 7.16. The van der Waals surface area contributed by atoms with Crippen molar-refractivity contribution < 1.29 is 14.0 Å². The lowest BCUT2D eigenvalue weighted by Crippen LogP contribution is -2.24. The predicted octanol–water partition coefficient (Wildman–Crippen LogP) is 4.90. The zero-order valence-corrected chi connectivity index (χ0v) is 16.7. The van der Waals surface area contributed by atoms with Crippen LogP contribution in [0.2, 0.25) is 0 Å². The van der Waals surface area contributed by atoms with E-state index in [0.29, 0.717) is 22.8 Å². The average molecular weight is 409 g/mol. The van der Waals surface area contributed by atoms with Crippen LogP contribution in [0.25, 0.3) is 0 Å². The smallest absolute Gasteiger partial charge is 0.257 e. The average Bonchev–Trinajstić information content (AvgIpc) is 3.12. The summed E-state index contributed by atoms with van der Waals surface area (Å²) in [6.07, 6.45) is 2.41. The predicted molar refractivity (Wildman–Crippen MR) is 112 cm³/mol. The van der Waals surface area contributed by atoms with E-state index in [1.165, 1.54) is 35.6 Å². The summed E-state index contributed by atoms with van der Waals surface area (Å²) in [7, 11) is 0. The molecule has 0 saturated carbocycles. The lowest BCUT2D eigenvalue weighted by atomic mass is 9.90. The summed E-state index contributed by atoms with van der Waals surface area (Å²) >= 11 is 1.42. The molecule has 0 bridgehead atoms. The summed E-state index contributed by atoms with van der Waals surface area (Å²) in [5.74, 6) is -1.12. The van der Waals surface area contributed by atoms with Crippen LogP contribution in [0.3, 0.4) is 0 Å².